The van der Waals surface area contributed by atoms with Gasteiger partial charge in [0.25, 0.3) is 0 Å². The zero-order chi connectivity index (χ0) is 15.0. The molecule has 19 heavy (non-hydrogen) atoms. The van der Waals surface area contributed by atoms with Crippen LogP contribution in [-0.2, 0) is 0 Å². The maximum atomic E-state index is 13.7. The van der Waals surface area contributed by atoms with Crippen LogP contribution in [0.4, 0.5) is 4.39 Å². The average Bonchev–Trinajstić information content (AvgIpc) is 2.32. The molecule has 0 aliphatic carbocycles. The zero-order valence-electron chi connectivity index (χ0n) is 12.8. The standard InChI is InChI=1S/C18H25F/c1-8-10-17(19)12-16(9-2)18(11-13(3)4)15(7)14(5)6/h8-12,14H,3,7H2,1-2,4-6H3/b10-8-,16-9+,17-12+,18-11+. The minimum Gasteiger partial charge on any atom is -0.207 e. The zero-order valence-corrected chi connectivity index (χ0v) is 12.8. The smallest absolute Gasteiger partial charge is 0.123 e. The highest BCUT2D eigenvalue weighted by molar-refractivity contribution is 5.54. The molecule has 0 nitrogen and oxygen atoms in total. The van der Waals surface area contributed by atoms with E-state index in [1.54, 1.807) is 13.0 Å². The van der Waals surface area contributed by atoms with Crippen LogP contribution >= 0.6 is 0 Å². The van der Waals surface area contributed by atoms with Crippen molar-refractivity contribution in [2.24, 2.45) is 5.92 Å². The number of rotatable bonds is 6. The third kappa shape index (κ3) is 6.19. The van der Waals surface area contributed by atoms with Crippen molar-refractivity contribution in [1.29, 1.82) is 0 Å². The fraction of sp³-hybridized carbons (Fsp3) is 0.333. The number of hydrogen-bond acceptors (Lipinski definition) is 0. The lowest BCUT2D eigenvalue weighted by molar-refractivity contribution is 0.665. The maximum Gasteiger partial charge on any atom is 0.123 e. The van der Waals surface area contributed by atoms with Gasteiger partial charge in [0.05, 0.1) is 0 Å². The molecule has 0 aromatic rings. The van der Waals surface area contributed by atoms with E-state index in [0.29, 0.717) is 5.92 Å². The Labute approximate surface area is 117 Å². The molecule has 0 aromatic carbocycles. The molecule has 0 fully saturated rings. The molecule has 0 saturated carbocycles. The summed E-state index contributed by atoms with van der Waals surface area (Å²) in [7, 11) is 0. The molecule has 0 heterocycles. The van der Waals surface area contributed by atoms with E-state index in [-0.39, 0.29) is 5.83 Å². The topological polar surface area (TPSA) is 0 Å². The molecule has 1 heteroatoms. The molecular weight excluding hydrogens is 235 g/mol. The van der Waals surface area contributed by atoms with Gasteiger partial charge in [-0.2, -0.15) is 0 Å². The van der Waals surface area contributed by atoms with Crippen molar-refractivity contribution in [3.05, 3.63) is 71.7 Å². The quantitative estimate of drug-likeness (QED) is 0.508. The van der Waals surface area contributed by atoms with Gasteiger partial charge in [-0.3, -0.25) is 0 Å². The highest BCUT2D eigenvalue weighted by Crippen LogP contribution is 2.27. The Morgan fingerprint density at radius 2 is 1.68 bits per heavy atom. The van der Waals surface area contributed by atoms with E-state index >= 15 is 0 Å². The molecule has 0 rings (SSSR count). The van der Waals surface area contributed by atoms with Crippen LogP contribution in [0.15, 0.2) is 71.7 Å². The van der Waals surface area contributed by atoms with E-state index in [0.717, 1.165) is 22.3 Å². The first-order valence-electron chi connectivity index (χ1n) is 6.56. The van der Waals surface area contributed by atoms with Gasteiger partial charge >= 0.3 is 0 Å². The summed E-state index contributed by atoms with van der Waals surface area (Å²) in [4.78, 5) is 0. The van der Waals surface area contributed by atoms with Gasteiger partial charge in [-0.1, -0.05) is 50.8 Å². The van der Waals surface area contributed by atoms with Gasteiger partial charge in [0, 0.05) is 0 Å². The Morgan fingerprint density at radius 3 is 2.05 bits per heavy atom. The third-order valence-corrected chi connectivity index (χ3v) is 2.67. The van der Waals surface area contributed by atoms with Crippen LogP contribution in [0.25, 0.3) is 0 Å². The maximum absolute atomic E-state index is 13.7. The normalized spacial score (nSPS) is 14.4. The van der Waals surface area contributed by atoms with E-state index in [1.165, 1.54) is 12.2 Å². The van der Waals surface area contributed by atoms with Crippen molar-refractivity contribution in [2.45, 2.75) is 34.6 Å². The summed E-state index contributed by atoms with van der Waals surface area (Å²) >= 11 is 0. The minimum absolute atomic E-state index is 0.264. The molecule has 0 spiro atoms. The van der Waals surface area contributed by atoms with Crippen LogP contribution in [0.5, 0.6) is 0 Å². The molecule has 0 amide bonds. The van der Waals surface area contributed by atoms with Crippen LogP contribution in [0.1, 0.15) is 34.6 Å². The lowest BCUT2D eigenvalue weighted by Gasteiger charge is -2.16. The Balaban J connectivity index is 5.66. The summed E-state index contributed by atoms with van der Waals surface area (Å²) in [6.07, 6.45) is 8.50. The SMILES string of the molecule is C=C(C)/C=C(C(=C)C(C)C)/C(/C=C(F)\C=C/C)=C/C. The monoisotopic (exact) mass is 260 g/mol. The van der Waals surface area contributed by atoms with Crippen molar-refractivity contribution < 1.29 is 4.39 Å². The van der Waals surface area contributed by atoms with Crippen molar-refractivity contribution in [3.63, 3.8) is 0 Å². The number of hydrogen-bond donors (Lipinski definition) is 0. The highest BCUT2D eigenvalue weighted by atomic mass is 19.1. The van der Waals surface area contributed by atoms with Crippen molar-refractivity contribution >= 4 is 0 Å². The summed E-state index contributed by atoms with van der Waals surface area (Å²) in [5.74, 6) is 0.0403. The lowest BCUT2D eigenvalue weighted by atomic mass is 9.89. The molecule has 0 N–H and O–H groups in total. The van der Waals surface area contributed by atoms with Crippen molar-refractivity contribution in [2.75, 3.05) is 0 Å². The van der Waals surface area contributed by atoms with Gasteiger partial charge in [0.1, 0.15) is 5.83 Å². The molecule has 0 saturated heterocycles. The fourth-order valence-electron chi connectivity index (χ4n) is 1.59. The number of halogens is 1. The predicted octanol–water partition coefficient (Wildman–Crippen LogP) is 6.08. The van der Waals surface area contributed by atoms with Crippen LogP contribution in [0.3, 0.4) is 0 Å². The first-order chi connectivity index (χ1) is 8.83. The Kier molecular flexibility index (Phi) is 7.74. The first-order valence-corrected chi connectivity index (χ1v) is 6.56. The minimum atomic E-state index is -0.264. The summed E-state index contributed by atoms with van der Waals surface area (Å²) in [5, 5.41) is 0. The van der Waals surface area contributed by atoms with Gasteiger partial charge in [-0.15, -0.1) is 0 Å². The Hall–Kier alpha value is -1.63. The molecule has 104 valence electrons. The van der Waals surface area contributed by atoms with Gasteiger partial charge in [-0.25, -0.2) is 4.39 Å². The second kappa shape index (κ2) is 8.47. The van der Waals surface area contributed by atoms with Crippen molar-refractivity contribution in [1.82, 2.24) is 0 Å². The average molecular weight is 260 g/mol. The van der Waals surface area contributed by atoms with Crippen molar-refractivity contribution in [3.8, 4) is 0 Å². The molecular formula is C18H25F. The van der Waals surface area contributed by atoms with Gasteiger partial charge in [-0.05, 0) is 55.6 Å². The van der Waals surface area contributed by atoms with Crippen LogP contribution in [-0.4, -0.2) is 0 Å². The Morgan fingerprint density at radius 1 is 1.11 bits per heavy atom. The second-order valence-electron chi connectivity index (χ2n) is 4.86. The molecule has 0 atom stereocenters. The molecule has 0 radical (unpaired) electrons. The molecule has 0 unspecified atom stereocenters. The predicted molar refractivity (Wildman–Crippen MR) is 84.6 cm³/mol. The molecule has 0 aromatic heterocycles. The largest absolute Gasteiger partial charge is 0.207 e. The van der Waals surface area contributed by atoms with E-state index in [1.807, 2.05) is 26.0 Å². The Bertz CT molecular complexity index is 454. The summed E-state index contributed by atoms with van der Waals surface area (Å²) in [6, 6.07) is 0. The van der Waals surface area contributed by atoms with E-state index < -0.39 is 0 Å². The van der Waals surface area contributed by atoms with Crippen LogP contribution < -0.4 is 0 Å². The highest BCUT2D eigenvalue weighted by Gasteiger charge is 2.10. The van der Waals surface area contributed by atoms with Gasteiger partial charge in [0.15, 0.2) is 0 Å². The van der Waals surface area contributed by atoms with Gasteiger partial charge < -0.3 is 0 Å². The lowest BCUT2D eigenvalue weighted by Crippen LogP contribution is -1.99. The summed E-state index contributed by atoms with van der Waals surface area (Å²) in [5.41, 5.74) is 3.69. The van der Waals surface area contributed by atoms with Crippen LogP contribution in [0, 0.1) is 5.92 Å². The molecule has 0 bridgehead atoms. The third-order valence-electron chi connectivity index (χ3n) is 2.67. The second-order valence-corrected chi connectivity index (χ2v) is 4.86. The van der Waals surface area contributed by atoms with E-state index in [9.17, 15) is 4.39 Å². The molecule has 0 aliphatic rings. The number of allylic oxidation sites excluding steroid dienone is 10. The first kappa shape index (κ1) is 17.4. The summed E-state index contributed by atoms with van der Waals surface area (Å²) in [6.45, 7) is 17.8. The fourth-order valence-corrected chi connectivity index (χ4v) is 1.59. The van der Waals surface area contributed by atoms with Gasteiger partial charge in [0.2, 0.25) is 0 Å². The van der Waals surface area contributed by atoms with E-state index in [2.05, 4.69) is 27.0 Å². The molecule has 0 aliphatic heterocycles. The van der Waals surface area contributed by atoms with Crippen LogP contribution in [0.2, 0.25) is 0 Å². The summed E-state index contributed by atoms with van der Waals surface area (Å²) < 4.78 is 13.7. The van der Waals surface area contributed by atoms with E-state index in [4.69, 9.17) is 0 Å².